The van der Waals surface area contributed by atoms with E-state index in [1.165, 1.54) is 36.9 Å². The summed E-state index contributed by atoms with van der Waals surface area (Å²) in [6.45, 7) is 2.25. The van der Waals surface area contributed by atoms with Crippen molar-refractivity contribution in [1.29, 1.82) is 0 Å². The molecular weight excluding hydrogens is 436 g/mol. The smallest absolute Gasteiger partial charge is 0.334 e. The Morgan fingerprint density at radius 2 is 1.88 bits per heavy atom. The number of hydroxylamine groups is 2. The number of unbranched alkanes of at least 4 members (excludes halogenated alkanes) is 2. The highest BCUT2D eigenvalue weighted by molar-refractivity contribution is 6.01. The van der Waals surface area contributed by atoms with Crippen LogP contribution in [0.5, 0.6) is 0 Å². The van der Waals surface area contributed by atoms with Gasteiger partial charge in [0.25, 0.3) is 11.8 Å². The van der Waals surface area contributed by atoms with Gasteiger partial charge in [0, 0.05) is 49.9 Å². The zero-order chi connectivity index (χ0) is 24.1. The maximum Gasteiger partial charge on any atom is 0.334 e. The van der Waals surface area contributed by atoms with Gasteiger partial charge in [-0.2, -0.15) is 0 Å². The second kappa shape index (κ2) is 11.1. The molecule has 3 aliphatic rings. The van der Waals surface area contributed by atoms with Crippen molar-refractivity contribution < 1.29 is 28.6 Å². The van der Waals surface area contributed by atoms with Crippen LogP contribution in [-0.4, -0.2) is 53.8 Å². The van der Waals surface area contributed by atoms with E-state index in [1.807, 2.05) is 0 Å². The number of fused-ring (bicyclic) bond motifs is 3. The number of carbonyl (C=O) groups is 4. The number of likely N-dealkylation sites (tertiary alicyclic amines) is 1. The third-order valence-electron chi connectivity index (χ3n) is 7.19. The number of rotatable bonds is 10. The van der Waals surface area contributed by atoms with Crippen LogP contribution in [0.15, 0.2) is 18.5 Å². The number of hydrogen-bond acceptors (Lipinski definition) is 6. The molecular formula is C25H35N4O5+. The highest BCUT2D eigenvalue weighted by Crippen LogP contribution is 2.43. The first kappa shape index (κ1) is 24.3. The van der Waals surface area contributed by atoms with Crippen LogP contribution >= 0.6 is 0 Å². The minimum absolute atomic E-state index is 0.0617. The number of aromatic nitrogens is 1. The normalized spacial score (nSPS) is 22.0. The number of nitrogens with one attached hydrogen (secondary N) is 1. The Balaban J connectivity index is 1.10. The standard InChI is InChI=1S/C25H34N4O5/c1-27-15-11-19-7-6-18-12-16-28(17-20(18)25(19)27)14-4-2-3-5-21(30)26-13-10-24(33)34-29-22(31)8-9-23(29)32/h12,16-17,19,25H,2-11,13-15H2,1H3/p+1. The highest BCUT2D eigenvalue weighted by atomic mass is 16.7. The molecule has 2 unspecified atom stereocenters. The summed E-state index contributed by atoms with van der Waals surface area (Å²) in [4.78, 5) is 53.9. The van der Waals surface area contributed by atoms with Gasteiger partial charge in [-0.25, -0.2) is 9.36 Å². The van der Waals surface area contributed by atoms with E-state index in [0.717, 1.165) is 31.7 Å². The molecule has 2 atom stereocenters. The molecule has 2 fully saturated rings. The minimum Gasteiger partial charge on any atom is -0.356 e. The van der Waals surface area contributed by atoms with Crippen LogP contribution in [-0.2, 0) is 37.0 Å². The monoisotopic (exact) mass is 471 g/mol. The second-order valence-electron chi connectivity index (χ2n) is 9.63. The van der Waals surface area contributed by atoms with E-state index < -0.39 is 17.8 Å². The Labute approximate surface area is 200 Å². The summed E-state index contributed by atoms with van der Waals surface area (Å²) in [5, 5.41) is 3.21. The van der Waals surface area contributed by atoms with E-state index in [-0.39, 0.29) is 31.7 Å². The van der Waals surface area contributed by atoms with Gasteiger partial charge >= 0.3 is 5.97 Å². The van der Waals surface area contributed by atoms with Gasteiger partial charge in [-0.1, -0.05) is 0 Å². The zero-order valence-electron chi connectivity index (χ0n) is 20.0. The molecule has 3 amide bonds. The molecule has 0 bridgehead atoms. The number of carbonyl (C=O) groups excluding carboxylic acids is 4. The molecule has 1 aromatic heterocycles. The molecule has 0 aromatic carbocycles. The summed E-state index contributed by atoms with van der Waals surface area (Å²) in [5.41, 5.74) is 2.99. The highest BCUT2D eigenvalue weighted by Gasteiger charge is 2.38. The van der Waals surface area contributed by atoms with Crippen LogP contribution < -0.4 is 9.88 Å². The third kappa shape index (κ3) is 5.81. The molecule has 9 nitrogen and oxygen atoms in total. The number of aryl methyl sites for hydroxylation is 2. The molecule has 3 heterocycles. The summed E-state index contributed by atoms with van der Waals surface area (Å²) in [5.74, 6) is -1.05. The second-order valence-corrected chi connectivity index (χ2v) is 9.63. The van der Waals surface area contributed by atoms with E-state index >= 15 is 0 Å². The predicted octanol–water partition coefficient (Wildman–Crippen LogP) is 1.59. The fraction of sp³-hybridized carbons (Fsp3) is 0.640. The van der Waals surface area contributed by atoms with Crippen molar-refractivity contribution in [1.82, 2.24) is 15.3 Å². The lowest BCUT2D eigenvalue weighted by molar-refractivity contribution is -0.698. The van der Waals surface area contributed by atoms with Crippen molar-refractivity contribution in [3.8, 4) is 0 Å². The van der Waals surface area contributed by atoms with Crippen molar-refractivity contribution in [2.45, 2.75) is 76.8 Å². The van der Waals surface area contributed by atoms with Crippen molar-refractivity contribution in [2.75, 3.05) is 20.1 Å². The first-order valence-electron chi connectivity index (χ1n) is 12.5. The lowest BCUT2D eigenvalue weighted by Gasteiger charge is -2.30. The maximum absolute atomic E-state index is 12.0. The number of nitrogens with zero attached hydrogens (tertiary/aromatic N) is 3. The maximum atomic E-state index is 12.0. The number of pyridine rings is 1. The molecule has 1 aromatic rings. The van der Waals surface area contributed by atoms with Crippen LogP contribution in [0.1, 0.15) is 75.0 Å². The summed E-state index contributed by atoms with van der Waals surface area (Å²) < 4.78 is 2.29. The van der Waals surface area contributed by atoms with Gasteiger partial charge in [-0.15, -0.1) is 5.06 Å². The first-order chi connectivity index (χ1) is 16.4. The van der Waals surface area contributed by atoms with Crippen LogP contribution in [0.25, 0.3) is 0 Å². The van der Waals surface area contributed by atoms with Gasteiger partial charge in [-0.05, 0) is 57.2 Å². The largest absolute Gasteiger partial charge is 0.356 e. The Morgan fingerprint density at radius 1 is 1.09 bits per heavy atom. The summed E-state index contributed by atoms with van der Waals surface area (Å²) >= 11 is 0. The topological polar surface area (TPSA) is 99.9 Å². The van der Waals surface area contributed by atoms with Crippen LogP contribution in [0, 0.1) is 5.92 Å². The molecule has 1 aliphatic carbocycles. The molecule has 1 N–H and O–H groups in total. The van der Waals surface area contributed by atoms with Crippen LogP contribution in [0.4, 0.5) is 0 Å². The first-order valence-corrected chi connectivity index (χ1v) is 12.5. The van der Waals surface area contributed by atoms with Crippen LogP contribution in [0.3, 0.4) is 0 Å². The number of imide groups is 1. The zero-order valence-corrected chi connectivity index (χ0v) is 20.0. The Morgan fingerprint density at radius 3 is 2.68 bits per heavy atom. The fourth-order valence-corrected chi connectivity index (χ4v) is 5.33. The predicted molar refractivity (Wildman–Crippen MR) is 122 cm³/mol. The Bertz CT molecular complexity index is 933. The Hall–Kier alpha value is -2.81. The average Bonchev–Trinajstić information content (AvgIpc) is 3.35. The fourth-order valence-electron chi connectivity index (χ4n) is 5.33. The van der Waals surface area contributed by atoms with Crippen LogP contribution in [0.2, 0.25) is 0 Å². The molecule has 0 radical (unpaired) electrons. The number of amides is 3. The lowest BCUT2D eigenvalue weighted by Crippen LogP contribution is -2.37. The van der Waals surface area contributed by atoms with Gasteiger partial charge in [0.2, 0.25) is 5.91 Å². The van der Waals surface area contributed by atoms with Gasteiger partial charge < -0.3 is 10.2 Å². The molecule has 0 saturated carbocycles. The summed E-state index contributed by atoms with van der Waals surface area (Å²) in [7, 11) is 2.24. The lowest BCUT2D eigenvalue weighted by atomic mass is 9.81. The number of hydrogen-bond donors (Lipinski definition) is 1. The Kier molecular flexibility index (Phi) is 7.92. The van der Waals surface area contributed by atoms with Gasteiger partial charge in [0.1, 0.15) is 6.54 Å². The molecule has 2 saturated heterocycles. The van der Waals surface area contributed by atoms with Gasteiger partial charge in [0.05, 0.1) is 6.42 Å². The minimum atomic E-state index is -0.707. The SMILES string of the molecule is CN1CCC2CCc3cc[n+](CCCCCC(=O)NCCC(=O)ON4C(=O)CCC4=O)cc3C21. The molecule has 9 heteroatoms. The molecule has 2 aliphatic heterocycles. The third-order valence-corrected chi connectivity index (χ3v) is 7.19. The van der Waals surface area contributed by atoms with Crippen molar-refractivity contribution in [3.63, 3.8) is 0 Å². The van der Waals surface area contributed by atoms with E-state index in [1.54, 1.807) is 0 Å². The summed E-state index contributed by atoms with van der Waals surface area (Å²) in [6.07, 6.45) is 11.5. The van der Waals surface area contributed by atoms with E-state index in [4.69, 9.17) is 4.84 Å². The van der Waals surface area contributed by atoms with Crippen molar-refractivity contribution >= 4 is 23.7 Å². The van der Waals surface area contributed by atoms with E-state index in [9.17, 15) is 19.2 Å². The van der Waals surface area contributed by atoms with Crippen molar-refractivity contribution in [3.05, 3.63) is 29.6 Å². The quantitative estimate of drug-likeness (QED) is 0.316. The van der Waals surface area contributed by atoms with E-state index in [0.29, 0.717) is 17.5 Å². The average molecular weight is 472 g/mol. The molecule has 4 rings (SSSR count). The molecule has 184 valence electrons. The van der Waals surface area contributed by atoms with Crippen molar-refractivity contribution in [2.24, 2.45) is 5.92 Å². The molecule has 34 heavy (non-hydrogen) atoms. The van der Waals surface area contributed by atoms with Gasteiger partial charge in [-0.3, -0.25) is 19.3 Å². The summed E-state index contributed by atoms with van der Waals surface area (Å²) in [6, 6.07) is 2.85. The van der Waals surface area contributed by atoms with E-state index in [2.05, 4.69) is 40.3 Å². The molecule has 0 spiro atoms. The van der Waals surface area contributed by atoms with Gasteiger partial charge in [0.15, 0.2) is 12.4 Å².